The van der Waals surface area contributed by atoms with Crippen LogP contribution < -0.4 is 0 Å². The van der Waals surface area contributed by atoms with Crippen molar-refractivity contribution in [2.45, 2.75) is 52.7 Å². The van der Waals surface area contributed by atoms with Crippen LogP contribution in [0, 0.1) is 11.3 Å². The highest BCUT2D eigenvalue weighted by Gasteiger charge is 2.30. The van der Waals surface area contributed by atoms with Gasteiger partial charge in [0, 0.05) is 6.54 Å². The monoisotopic (exact) mass is 270 g/mol. The molecule has 0 spiro atoms. The number of amides is 1. The van der Waals surface area contributed by atoms with E-state index in [0.29, 0.717) is 0 Å². The van der Waals surface area contributed by atoms with E-state index < -0.39 is 23.7 Å². The van der Waals surface area contributed by atoms with E-state index in [1.54, 1.807) is 34.6 Å². The maximum atomic E-state index is 12.0. The standard InChI is InChI=1S/C13H22N2O4/c1-6-18-11(16)10(2)15(9-7-8-14)12(17)19-13(3,4)5/h10H,6-7,9H2,1-5H3/t10-/m1/s1. The molecule has 0 N–H and O–H groups in total. The van der Waals surface area contributed by atoms with Crippen LogP contribution in [0.2, 0.25) is 0 Å². The normalized spacial score (nSPS) is 12.2. The van der Waals surface area contributed by atoms with Crippen molar-refractivity contribution in [1.29, 1.82) is 5.26 Å². The van der Waals surface area contributed by atoms with E-state index in [-0.39, 0.29) is 19.6 Å². The lowest BCUT2D eigenvalue weighted by Crippen LogP contribution is -2.46. The Labute approximate surface area is 114 Å². The molecule has 0 aromatic rings. The van der Waals surface area contributed by atoms with Crippen LogP contribution in [0.15, 0.2) is 0 Å². The zero-order valence-electron chi connectivity index (χ0n) is 12.2. The van der Waals surface area contributed by atoms with Gasteiger partial charge in [0.05, 0.1) is 19.1 Å². The highest BCUT2D eigenvalue weighted by molar-refractivity contribution is 5.81. The molecule has 108 valence electrons. The Hall–Kier alpha value is -1.77. The highest BCUT2D eigenvalue weighted by atomic mass is 16.6. The van der Waals surface area contributed by atoms with E-state index in [1.165, 1.54) is 4.90 Å². The number of carbonyl (C=O) groups excluding carboxylic acids is 2. The van der Waals surface area contributed by atoms with Gasteiger partial charge in [-0.05, 0) is 34.6 Å². The molecule has 0 aliphatic heterocycles. The predicted octanol–water partition coefficient (Wildman–Crippen LogP) is 2.09. The third-order valence-electron chi connectivity index (χ3n) is 2.19. The fourth-order valence-corrected chi connectivity index (χ4v) is 1.32. The van der Waals surface area contributed by atoms with Gasteiger partial charge >= 0.3 is 12.1 Å². The fraction of sp³-hybridized carbons (Fsp3) is 0.769. The van der Waals surface area contributed by atoms with Crippen LogP contribution in [0.25, 0.3) is 0 Å². The molecule has 0 fully saturated rings. The minimum atomic E-state index is -0.775. The minimum Gasteiger partial charge on any atom is -0.464 e. The lowest BCUT2D eigenvalue weighted by Gasteiger charge is -2.30. The smallest absolute Gasteiger partial charge is 0.411 e. The summed E-state index contributed by atoms with van der Waals surface area (Å²) < 4.78 is 10.1. The van der Waals surface area contributed by atoms with Crippen LogP contribution in [0.5, 0.6) is 0 Å². The van der Waals surface area contributed by atoms with Gasteiger partial charge in [-0.25, -0.2) is 9.59 Å². The van der Waals surface area contributed by atoms with E-state index in [9.17, 15) is 9.59 Å². The zero-order chi connectivity index (χ0) is 15.1. The summed E-state index contributed by atoms with van der Waals surface area (Å²) in [6.45, 7) is 8.83. The number of carbonyl (C=O) groups is 2. The molecule has 0 saturated carbocycles. The Morgan fingerprint density at radius 2 is 1.95 bits per heavy atom. The SMILES string of the molecule is CCOC(=O)[C@@H](C)N(CCC#N)C(=O)OC(C)(C)C. The summed E-state index contributed by atoms with van der Waals surface area (Å²) in [5.41, 5.74) is -0.656. The van der Waals surface area contributed by atoms with E-state index in [0.717, 1.165) is 0 Å². The van der Waals surface area contributed by atoms with Crippen molar-refractivity contribution >= 4 is 12.1 Å². The Balaban J connectivity index is 4.84. The van der Waals surface area contributed by atoms with Crippen molar-refractivity contribution in [2.24, 2.45) is 0 Å². The molecule has 0 heterocycles. The predicted molar refractivity (Wildman–Crippen MR) is 69.3 cm³/mol. The van der Waals surface area contributed by atoms with Gasteiger partial charge < -0.3 is 9.47 Å². The number of hydrogen-bond donors (Lipinski definition) is 0. The Morgan fingerprint density at radius 3 is 2.37 bits per heavy atom. The molecule has 19 heavy (non-hydrogen) atoms. The van der Waals surface area contributed by atoms with E-state index in [1.807, 2.05) is 6.07 Å². The van der Waals surface area contributed by atoms with Gasteiger partial charge in [0.2, 0.25) is 0 Å². The van der Waals surface area contributed by atoms with Crippen molar-refractivity contribution in [3.8, 4) is 6.07 Å². The van der Waals surface area contributed by atoms with Crippen molar-refractivity contribution in [3.63, 3.8) is 0 Å². The quantitative estimate of drug-likeness (QED) is 0.715. The Bertz CT molecular complexity index is 355. The summed E-state index contributed by atoms with van der Waals surface area (Å²) in [5, 5.41) is 8.61. The molecule has 0 rings (SSSR count). The molecular weight excluding hydrogens is 248 g/mol. The number of rotatable bonds is 5. The Kier molecular flexibility index (Phi) is 6.91. The first-order chi connectivity index (χ1) is 8.72. The molecule has 1 amide bonds. The van der Waals surface area contributed by atoms with Crippen LogP contribution in [0.3, 0.4) is 0 Å². The molecule has 0 bridgehead atoms. The fourth-order valence-electron chi connectivity index (χ4n) is 1.32. The molecule has 0 radical (unpaired) electrons. The van der Waals surface area contributed by atoms with Crippen LogP contribution in [0.4, 0.5) is 4.79 Å². The Morgan fingerprint density at radius 1 is 1.37 bits per heavy atom. The summed E-state index contributed by atoms with van der Waals surface area (Å²) >= 11 is 0. The molecule has 0 unspecified atom stereocenters. The van der Waals surface area contributed by atoms with Crippen LogP contribution in [-0.2, 0) is 14.3 Å². The topological polar surface area (TPSA) is 79.6 Å². The number of nitriles is 1. The molecule has 0 aromatic carbocycles. The molecule has 6 nitrogen and oxygen atoms in total. The van der Waals surface area contributed by atoms with Gasteiger partial charge in [0.1, 0.15) is 11.6 Å². The minimum absolute atomic E-state index is 0.128. The van der Waals surface area contributed by atoms with E-state index in [2.05, 4.69) is 0 Å². The largest absolute Gasteiger partial charge is 0.464 e. The molecule has 0 aliphatic rings. The number of nitrogens with zero attached hydrogens (tertiary/aromatic N) is 2. The molecule has 0 aliphatic carbocycles. The third kappa shape index (κ3) is 6.65. The molecule has 1 atom stereocenters. The average Bonchev–Trinajstić information content (AvgIpc) is 2.27. The van der Waals surface area contributed by atoms with Crippen molar-refractivity contribution in [2.75, 3.05) is 13.2 Å². The van der Waals surface area contributed by atoms with E-state index in [4.69, 9.17) is 14.7 Å². The van der Waals surface area contributed by atoms with Crippen LogP contribution >= 0.6 is 0 Å². The zero-order valence-corrected chi connectivity index (χ0v) is 12.2. The van der Waals surface area contributed by atoms with E-state index >= 15 is 0 Å². The summed E-state index contributed by atoms with van der Waals surface area (Å²) in [6.07, 6.45) is -0.494. The first kappa shape index (κ1) is 17.2. The second-order valence-corrected chi connectivity index (χ2v) is 5.01. The lowest BCUT2D eigenvalue weighted by atomic mass is 10.2. The molecule has 0 saturated heterocycles. The number of hydrogen-bond acceptors (Lipinski definition) is 5. The second-order valence-electron chi connectivity index (χ2n) is 5.01. The maximum Gasteiger partial charge on any atom is 0.411 e. The summed E-state index contributed by atoms with van der Waals surface area (Å²) in [4.78, 5) is 24.9. The van der Waals surface area contributed by atoms with Crippen LogP contribution in [0.1, 0.15) is 41.0 Å². The molecule has 6 heteroatoms. The first-order valence-electron chi connectivity index (χ1n) is 6.26. The van der Waals surface area contributed by atoms with Gasteiger partial charge in [-0.1, -0.05) is 0 Å². The number of ether oxygens (including phenoxy) is 2. The first-order valence-corrected chi connectivity index (χ1v) is 6.26. The summed E-state index contributed by atoms with van der Waals surface area (Å²) in [7, 11) is 0. The van der Waals surface area contributed by atoms with Gasteiger partial charge in [-0.2, -0.15) is 5.26 Å². The van der Waals surface area contributed by atoms with Crippen LogP contribution in [-0.4, -0.2) is 41.8 Å². The van der Waals surface area contributed by atoms with Crippen molar-refractivity contribution in [3.05, 3.63) is 0 Å². The third-order valence-corrected chi connectivity index (χ3v) is 2.19. The second kappa shape index (κ2) is 7.62. The maximum absolute atomic E-state index is 12.0. The highest BCUT2D eigenvalue weighted by Crippen LogP contribution is 2.13. The summed E-state index contributed by atoms with van der Waals surface area (Å²) in [5.74, 6) is -0.508. The molecule has 0 aromatic heterocycles. The average molecular weight is 270 g/mol. The van der Waals surface area contributed by atoms with Gasteiger partial charge in [-0.3, -0.25) is 4.90 Å². The van der Waals surface area contributed by atoms with Gasteiger partial charge in [0.25, 0.3) is 0 Å². The van der Waals surface area contributed by atoms with Gasteiger partial charge in [0.15, 0.2) is 0 Å². The number of esters is 1. The molecular formula is C13H22N2O4. The summed E-state index contributed by atoms with van der Waals surface area (Å²) in [6, 6.07) is 1.17. The lowest BCUT2D eigenvalue weighted by molar-refractivity contribution is -0.148. The van der Waals surface area contributed by atoms with Crippen molar-refractivity contribution < 1.29 is 19.1 Å². The van der Waals surface area contributed by atoms with Gasteiger partial charge in [-0.15, -0.1) is 0 Å². The van der Waals surface area contributed by atoms with Crippen molar-refractivity contribution in [1.82, 2.24) is 4.90 Å².